The molecule has 0 aliphatic carbocycles. The minimum absolute atomic E-state index is 0.215. The molecule has 2 aliphatic rings. The van der Waals surface area contributed by atoms with Crippen LogP contribution in [0.15, 0.2) is 0 Å². The van der Waals surface area contributed by atoms with E-state index >= 15 is 0 Å². The van der Waals surface area contributed by atoms with Gasteiger partial charge in [-0.3, -0.25) is 9.69 Å². The van der Waals surface area contributed by atoms with Crippen LogP contribution in [0.5, 0.6) is 0 Å². The summed E-state index contributed by atoms with van der Waals surface area (Å²) in [6.45, 7) is 4.41. The minimum atomic E-state index is 0.215. The number of piperidine rings is 2. The predicted octanol–water partition coefficient (Wildman–Crippen LogP) is 1.53. The Morgan fingerprint density at radius 2 is 2.07 bits per heavy atom. The van der Waals surface area contributed by atoms with Crippen molar-refractivity contribution in [2.24, 2.45) is 0 Å². The molecule has 2 rings (SSSR count). The van der Waals surface area contributed by atoms with Crippen molar-refractivity contribution in [3.05, 3.63) is 0 Å². The fourth-order valence-corrected chi connectivity index (χ4v) is 2.93. The summed E-state index contributed by atoms with van der Waals surface area (Å²) in [7, 11) is 0. The van der Waals surface area contributed by atoms with E-state index in [9.17, 15) is 4.79 Å². The van der Waals surface area contributed by atoms with E-state index in [0.29, 0.717) is 18.5 Å². The van der Waals surface area contributed by atoms with Gasteiger partial charge in [-0.15, -0.1) is 0 Å². The molecule has 2 aliphatic heterocycles. The molecule has 0 radical (unpaired) electrons. The number of fused-ring (bicyclic) bond motifs is 1. The number of rotatable bonds is 2. The summed E-state index contributed by atoms with van der Waals surface area (Å²) in [6, 6.07) is 1.05. The van der Waals surface area contributed by atoms with E-state index in [2.05, 4.69) is 10.2 Å². The summed E-state index contributed by atoms with van der Waals surface area (Å²) in [5.41, 5.74) is 0. The molecule has 2 atom stereocenters. The fourth-order valence-electron chi connectivity index (χ4n) is 2.93. The Kier molecular flexibility index (Phi) is 3.62. The molecule has 15 heavy (non-hydrogen) atoms. The van der Waals surface area contributed by atoms with Gasteiger partial charge >= 0.3 is 0 Å². The monoisotopic (exact) mass is 210 g/mol. The molecule has 2 fully saturated rings. The number of hydrogen-bond donors (Lipinski definition) is 1. The Bertz CT molecular complexity index is 228. The predicted molar refractivity (Wildman–Crippen MR) is 60.7 cm³/mol. The van der Waals surface area contributed by atoms with Gasteiger partial charge in [0.15, 0.2) is 0 Å². The maximum atomic E-state index is 11.4. The third-order valence-electron chi connectivity index (χ3n) is 3.76. The lowest BCUT2D eigenvalue weighted by molar-refractivity contribution is -0.122. The van der Waals surface area contributed by atoms with Gasteiger partial charge in [-0.2, -0.15) is 0 Å². The summed E-state index contributed by atoms with van der Waals surface area (Å²) in [6.07, 6.45) is 6.97. The third kappa shape index (κ3) is 2.51. The number of amides is 1. The molecular formula is C12H22N2O. The first-order valence-electron chi connectivity index (χ1n) is 6.34. The van der Waals surface area contributed by atoms with Gasteiger partial charge in [-0.05, 0) is 38.8 Å². The molecule has 2 heterocycles. The van der Waals surface area contributed by atoms with Crippen LogP contribution >= 0.6 is 0 Å². The molecule has 86 valence electrons. The van der Waals surface area contributed by atoms with Gasteiger partial charge in [-0.25, -0.2) is 0 Å². The van der Waals surface area contributed by atoms with Crippen LogP contribution in [0.1, 0.15) is 45.4 Å². The first-order chi connectivity index (χ1) is 7.31. The second-order valence-corrected chi connectivity index (χ2v) is 4.77. The second kappa shape index (κ2) is 4.97. The van der Waals surface area contributed by atoms with E-state index < -0.39 is 0 Å². The summed E-state index contributed by atoms with van der Waals surface area (Å²) >= 11 is 0. The Morgan fingerprint density at radius 1 is 1.27 bits per heavy atom. The fraction of sp³-hybridized carbons (Fsp3) is 0.917. The van der Waals surface area contributed by atoms with Crippen molar-refractivity contribution in [2.75, 3.05) is 13.1 Å². The number of nitrogens with zero attached hydrogens (tertiary/aromatic N) is 1. The van der Waals surface area contributed by atoms with Crippen LogP contribution in [0.25, 0.3) is 0 Å². The maximum Gasteiger partial charge on any atom is 0.219 e. The largest absolute Gasteiger partial charge is 0.352 e. The van der Waals surface area contributed by atoms with E-state index in [0.717, 1.165) is 0 Å². The van der Waals surface area contributed by atoms with Gasteiger partial charge in [0, 0.05) is 18.5 Å². The highest BCUT2D eigenvalue weighted by Crippen LogP contribution is 2.26. The summed E-state index contributed by atoms with van der Waals surface area (Å²) in [5, 5.41) is 3.19. The summed E-state index contributed by atoms with van der Waals surface area (Å²) < 4.78 is 0. The lowest BCUT2D eigenvalue weighted by atomic mass is 9.89. The SMILES string of the molecule is CCC(=O)N[C@@H]1CCCN2CCCC[C@@H]12. The van der Waals surface area contributed by atoms with Crippen LogP contribution in [0, 0.1) is 0 Å². The normalized spacial score (nSPS) is 32.1. The van der Waals surface area contributed by atoms with Gasteiger partial charge in [-0.1, -0.05) is 13.3 Å². The molecular weight excluding hydrogens is 188 g/mol. The molecule has 0 aromatic rings. The smallest absolute Gasteiger partial charge is 0.219 e. The molecule has 3 nitrogen and oxygen atoms in total. The van der Waals surface area contributed by atoms with E-state index in [1.165, 1.54) is 45.2 Å². The second-order valence-electron chi connectivity index (χ2n) is 4.77. The quantitative estimate of drug-likeness (QED) is 0.749. The molecule has 1 N–H and O–H groups in total. The van der Waals surface area contributed by atoms with E-state index in [1.807, 2.05) is 6.92 Å². The Hall–Kier alpha value is -0.570. The Balaban J connectivity index is 1.94. The van der Waals surface area contributed by atoms with Gasteiger partial charge in [0.1, 0.15) is 0 Å². The first-order valence-corrected chi connectivity index (χ1v) is 6.34. The molecule has 0 unspecified atom stereocenters. The van der Waals surface area contributed by atoms with Gasteiger partial charge < -0.3 is 5.32 Å². The Morgan fingerprint density at radius 3 is 2.87 bits per heavy atom. The van der Waals surface area contributed by atoms with E-state index in [1.54, 1.807) is 0 Å². The van der Waals surface area contributed by atoms with Crippen molar-refractivity contribution < 1.29 is 4.79 Å². The minimum Gasteiger partial charge on any atom is -0.352 e. The zero-order valence-corrected chi connectivity index (χ0v) is 9.67. The lowest BCUT2D eigenvalue weighted by Gasteiger charge is -2.44. The van der Waals surface area contributed by atoms with Crippen molar-refractivity contribution in [3.63, 3.8) is 0 Å². The molecule has 3 heteroatoms. The molecule has 0 saturated carbocycles. The molecule has 0 bridgehead atoms. The summed E-state index contributed by atoms with van der Waals surface area (Å²) in [4.78, 5) is 14.0. The van der Waals surface area contributed by atoms with Crippen molar-refractivity contribution in [3.8, 4) is 0 Å². The van der Waals surface area contributed by atoms with Crippen LogP contribution in [0.3, 0.4) is 0 Å². The highest BCUT2D eigenvalue weighted by atomic mass is 16.1. The van der Waals surface area contributed by atoms with Gasteiger partial charge in [0.25, 0.3) is 0 Å². The van der Waals surface area contributed by atoms with Crippen molar-refractivity contribution >= 4 is 5.91 Å². The third-order valence-corrected chi connectivity index (χ3v) is 3.76. The van der Waals surface area contributed by atoms with Crippen LogP contribution in [0.2, 0.25) is 0 Å². The highest BCUT2D eigenvalue weighted by molar-refractivity contribution is 5.75. The number of carbonyl (C=O) groups excluding carboxylic acids is 1. The molecule has 0 spiro atoms. The van der Waals surface area contributed by atoms with E-state index in [4.69, 9.17) is 0 Å². The topological polar surface area (TPSA) is 32.3 Å². The lowest BCUT2D eigenvalue weighted by Crippen LogP contribution is -2.56. The average Bonchev–Trinajstić information content (AvgIpc) is 2.29. The maximum absolute atomic E-state index is 11.4. The van der Waals surface area contributed by atoms with Crippen LogP contribution in [-0.4, -0.2) is 36.0 Å². The van der Waals surface area contributed by atoms with Crippen molar-refractivity contribution in [1.29, 1.82) is 0 Å². The van der Waals surface area contributed by atoms with Crippen LogP contribution in [0.4, 0.5) is 0 Å². The van der Waals surface area contributed by atoms with E-state index in [-0.39, 0.29) is 5.91 Å². The Labute approximate surface area is 92.2 Å². The number of hydrogen-bond acceptors (Lipinski definition) is 2. The zero-order valence-electron chi connectivity index (χ0n) is 9.67. The molecule has 2 saturated heterocycles. The molecule has 0 aromatic carbocycles. The number of carbonyl (C=O) groups is 1. The van der Waals surface area contributed by atoms with Crippen LogP contribution < -0.4 is 5.32 Å². The molecule has 0 aromatic heterocycles. The zero-order chi connectivity index (χ0) is 10.7. The average molecular weight is 210 g/mol. The van der Waals surface area contributed by atoms with Gasteiger partial charge in [0.05, 0.1) is 0 Å². The van der Waals surface area contributed by atoms with Crippen molar-refractivity contribution in [2.45, 2.75) is 57.5 Å². The highest BCUT2D eigenvalue weighted by Gasteiger charge is 2.33. The standard InChI is InChI=1S/C12H22N2O/c1-2-12(15)13-10-6-5-9-14-8-4-3-7-11(10)14/h10-11H,2-9H2,1H3,(H,13,15)/t10-,11+/m1/s1. The first kappa shape index (κ1) is 10.9. The molecule has 1 amide bonds. The van der Waals surface area contributed by atoms with Crippen molar-refractivity contribution in [1.82, 2.24) is 10.2 Å². The number of nitrogens with one attached hydrogen (secondary N) is 1. The van der Waals surface area contributed by atoms with Crippen LogP contribution in [-0.2, 0) is 4.79 Å². The van der Waals surface area contributed by atoms with Gasteiger partial charge in [0.2, 0.25) is 5.91 Å². The summed E-state index contributed by atoms with van der Waals surface area (Å²) in [5.74, 6) is 0.215.